The second-order valence-corrected chi connectivity index (χ2v) is 9.80. The summed E-state index contributed by atoms with van der Waals surface area (Å²) in [7, 11) is 0. The topological polar surface area (TPSA) is 40.5 Å². The Labute approximate surface area is 234 Å². The monoisotopic (exact) mass is 523 g/mol. The molecule has 196 valence electrons. The van der Waals surface area contributed by atoms with Crippen molar-refractivity contribution in [2.24, 2.45) is 0 Å². The first kappa shape index (κ1) is 25.2. The Morgan fingerprint density at radius 2 is 1.23 bits per heavy atom. The van der Waals surface area contributed by atoms with Crippen LogP contribution in [0, 0.1) is 0 Å². The molecule has 1 unspecified atom stereocenters. The van der Waals surface area contributed by atoms with Crippen molar-refractivity contribution >= 4 is 16.9 Å². The van der Waals surface area contributed by atoms with Gasteiger partial charge in [0.15, 0.2) is 6.10 Å². The van der Waals surface area contributed by atoms with Crippen LogP contribution in [0.2, 0.25) is 0 Å². The van der Waals surface area contributed by atoms with Crippen molar-refractivity contribution in [3.05, 3.63) is 145 Å². The van der Waals surface area contributed by atoms with Gasteiger partial charge in [-0.25, -0.2) is 4.79 Å². The molecule has 40 heavy (non-hydrogen) atoms. The van der Waals surface area contributed by atoms with Crippen LogP contribution in [0.3, 0.4) is 0 Å². The molecule has 6 rings (SSSR count). The van der Waals surface area contributed by atoms with Crippen molar-refractivity contribution in [2.75, 3.05) is 0 Å². The first-order valence-electron chi connectivity index (χ1n) is 13.4. The van der Waals surface area contributed by atoms with E-state index in [1.54, 1.807) is 19.1 Å². The molecule has 1 aromatic heterocycles. The van der Waals surface area contributed by atoms with Crippen molar-refractivity contribution < 1.29 is 14.3 Å². The lowest BCUT2D eigenvalue weighted by Gasteiger charge is -2.14. The van der Waals surface area contributed by atoms with Crippen LogP contribution >= 0.6 is 0 Å². The van der Waals surface area contributed by atoms with Gasteiger partial charge in [-0.15, -0.1) is 0 Å². The van der Waals surface area contributed by atoms with Crippen LogP contribution in [0.25, 0.3) is 33.2 Å². The van der Waals surface area contributed by atoms with Crippen molar-refractivity contribution in [1.29, 1.82) is 0 Å². The van der Waals surface area contributed by atoms with Gasteiger partial charge in [-0.05, 0) is 76.5 Å². The Hall–Kier alpha value is -5.09. The fourth-order valence-electron chi connectivity index (χ4n) is 4.80. The van der Waals surface area contributed by atoms with E-state index in [-0.39, 0.29) is 0 Å². The number of hydrogen-bond donors (Lipinski definition) is 0. The number of ether oxygens (including phenoxy) is 2. The molecule has 5 aromatic carbocycles. The summed E-state index contributed by atoms with van der Waals surface area (Å²) < 4.78 is 13.5. The Kier molecular flexibility index (Phi) is 7.14. The van der Waals surface area contributed by atoms with Crippen molar-refractivity contribution in [2.45, 2.75) is 19.6 Å². The molecule has 4 heteroatoms. The van der Waals surface area contributed by atoms with Crippen LogP contribution in [0.15, 0.2) is 140 Å². The van der Waals surface area contributed by atoms with Crippen LogP contribution in [0.4, 0.5) is 0 Å². The summed E-state index contributed by atoms with van der Waals surface area (Å²) in [5.74, 6) is 0.684. The summed E-state index contributed by atoms with van der Waals surface area (Å²) in [6.45, 7) is 2.53. The molecule has 0 fully saturated rings. The second kappa shape index (κ2) is 11.3. The molecule has 0 amide bonds. The molecule has 0 N–H and O–H groups in total. The first-order chi connectivity index (χ1) is 19.6. The molecular weight excluding hydrogens is 494 g/mol. The third-order valence-corrected chi connectivity index (χ3v) is 6.98. The minimum Gasteiger partial charge on any atom is -0.479 e. The van der Waals surface area contributed by atoms with E-state index in [0.29, 0.717) is 11.5 Å². The van der Waals surface area contributed by atoms with Crippen LogP contribution < -0.4 is 9.47 Å². The number of carbonyl (C=O) groups is 1. The van der Waals surface area contributed by atoms with E-state index >= 15 is 0 Å². The number of nitrogens with zero attached hydrogens (tertiary/aromatic N) is 1. The van der Waals surface area contributed by atoms with Gasteiger partial charge >= 0.3 is 5.97 Å². The highest BCUT2D eigenvalue weighted by Crippen LogP contribution is 2.29. The first-order valence-corrected chi connectivity index (χ1v) is 13.4. The molecule has 0 spiro atoms. The molecule has 1 atom stereocenters. The number of para-hydroxylation sites is 1. The van der Waals surface area contributed by atoms with Gasteiger partial charge in [0.2, 0.25) is 0 Å². The smallest absolute Gasteiger partial charge is 0.352 e. The predicted octanol–water partition coefficient (Wildman–Crippen LogP) is 8.40. The lowest BCUT2D eigenvalue weighted by molar-refractivity contribution is -0.141. The number of esters is 1. The summed E-state index contributed by atoms with van der Waals surface area (Å²) in [6.07, 6.45) is 1.43. The predicted molar refractivity (Wildman–Crippen MR) is 161 cm³/mol. The zero-order valence-corrected chi connectivity index (χ0v) is 22.2. The second-order valence-electron chi connectivity index (χ2n) is 9.80. The zero-order chi connectivity index (χ0) is 27.3. The van der Waals surface area contributed by atoms with Crippen LogP contribution in [-0.2, 0) is 11.3 Å². The lowest BCUT2D eigenvalue weighted by atomic mass is 9.99. The fraction of sp³-hybridized carbons (Fsp3) is 0.0833. The van der Waals surface area contributed by atoms with E-state index in [1.165, 1.54) is 27.6 Å². The number of fused-ring (bicyclic) bond motifs is 1. The molecule has 0 saturated carbocycles. The quantitative estimate of drug-likeness (QED) is 0.149. The molecule has 4 nitrogen and oxygen atoms in total. The maximum atomic E-state index is 12.4. The van der Waals surface area contributed by atoms with Gasteiger partial charge in [-0.2, -0.15) is 0 Å². The average molecular weight is 524 g/mol. The van der Waals surface area contributed by atoms with Gasteiger partial charge in [0.25, 0.3) is 0 Å². The molecule has 1 heterocycles. The minimum absolute atomic E-state index is 0.434. The Morgan fingerprint density at radius 1 is 0.650 bits per heavy atom. The third-order valence-electron chi connectivity index (χ3n) is 6.98. The van der Waals surface area contributed by atoms with Gasteiger partial charge in [-0.3, -0.25) is 0 Å². The van der Waals surface area contributed by atoms with E-state index in [2.05, 4.69) is 83.6 Å². The van der Waals surface area contributed by atoms with E-state index in [1.807, 2.05) is 48.5 Å². The van der Waals surface area contributed by atoms with Gasteiger partial charge < -0.3 is 14.0 Å². The molecule has 6 aromatic rings. The molecule has 0 saturated heterocycles. The molecule has 0 aliphatic rings. The Bertz CT molecular complexity index is 1720. The standard InChI is InChI=1S/C36H29NO3/c1-26(36(38)40-33-10-6-3-7-11-33)39-34-20-18-29(19-21-34)28-12-14-30(15-13-28)32-17-16-31-22-23-37(35(31)24-32)25-27-8-4-2-5-9-27/h2-24,26H,25H2,1H3. The van der Waals surface area contributed by atoms with Gasteiger partial charge in [0, 0.05) is 18.3 Å². The van der Waals surface area contributed by atoms with Gasteiger partial charge in [0.05, 0.1) is 0 Å². The van der Waals surface area contributed by atoms with Crippen LogP contribution in [0.1, 0.15) is 12.5 Å². The number of aromatic nitrogens is 1. The average Bonchev–Trinajstić information content (AvgIpc) is 3.40. The van der Waals surface area contributed by atoms with Crippen LogP contribution in [0.5, 0.6) is 11.5 Å². The summed E-state index contributed by atoms with van der Waals surface area (Å²) in [6, 6.07) is 44.7. The Morgan fingerprint density at radius 3 is 1.90 bits per heavy atom. The molecule has 0 aliphatic heterocycles. The lowest BCUT2D eigenvalue weighted by Crippen LogP contribution is -2.28. The summed E-state index contributed by atoms with van der Waals surface area (Å²) in [4.78, 5) is 12.4. The fourth-order valence-corrected chi connectivity index (χ4v) is 4.80. The highest BCUT2D eigenvalue weighted by Gasteiger charge is 2.17. The summed E-state index contributed by atoms with van der Waals surface area (Å²) >= 11 is 0. The van der Waals surface area contributed by atoms with Gasteiger partial charge in [0.1, 0.15) is 11.5 Å². The molecule has 0 radical (unpaired) electrons. The maximum absolute atomic E-state index is 12.4. The third kappa shape index (κ3) is 5.67. The SMILES string of the molecule is CC(Oc1ccc(-c2ccc(-c3ccc4ccn(Cc5ccccc5)c4c3)cc2)cc1)C(=O)Oc1ccccc1. The number of benzene rings is 5. The molecule has 0 aliphatic carbocycles. The van der Waals surface area contributed by atoms with E-state index in [4.69, 9.17) is 9.47 Å². The molecule has 0 bridgehead atoms. The number of carbonyl (C=O) groups excluding carboxylic acids is 1. The van der Waals surface area contributed by atoms with Crippen molar-refractivity contribution in [3.63, 3.8) is 0 Å². The highest BCUT2D eigenvalue weighted by atomic mass is 16.6. The van der Waals surface area contributed by atoms with Crippen molar-refractivity contribution in [1.82, 2.24) is 4.57 Å². The zero-order valence-electron chi connectivity index (χ0n) is 22.2. The van der Waals surface area contributed by atoms with E-state index < -0.39 is 12.1 Å². The Balaban J connectivity index is 1.13. The highest BCUT2D eigenvalue weighted by molar-refractivity contribution is 5.86. The normalized spacial score (nSPS) is 11.7. The van der Waals surface area contributed by atoms with Crippen molar-refractivity contribution in [3.8, 4) is 33.8 Å². The van der Waals surface area contributed by atoms with E-state index in [0.717, 1.165) is 17.7 Å². The summed E-state index contributed by atoms with van der Waals surface area (Å²) in [5.41, 5.74) is 7.05. The number of rotatable bonds is 8. The molecular formula is C36H29NO3. The minimum atomic E-state index is -0.725. The van der Waals surface area contributed by atoms with E-state index in [9.17, 15) is 4.79 Å². The maximum Gasteiger partial charge on any atom is 0.352 e. The largest absolute Gasteiger partial charge is 0.479 e. The summed E-state index contributed by atoms with van der Waals surface area (Å²) in [5, 5.41) is 1.24. The number of hydrogen-bond acceptors (Lipinski definition) is 3. The van der Waals surface area contributed by atoms with Crippen LogP contribution in [-0.4, -0.2) is 16.6 Å². The van der Waals surface area contributed by atoms with Gasteiger partial charge in [-0.1, -0.05) is 97.1 Å².